The number of nitrogens with one attached hydrogen (secondary N) is 1. The van der Waals surface area contributed by atoms with Crippen LogP contribution < -0.4 is 14.8 Å². The van der Waals surface area contributed by atoms with Gasteiger partial charge in [-0.15, -0.1) is 0 Å². The molecule has 1 amide bonds. The highest BCUT2D eigenvalue weighted by Gasteiger charge is 2.14. The molecular formula is C22H26N2O3. The van der Waals surface area contributed by atoms with E-state index in [1.54, 1.807) is 13.2 Å². The predicted octanol–water partition coefficient (Wildman–Crippen LogP) is 4.64. The number of hydrogen-bond donors (Lipinski definition) is 1. The largest absolute Gasteiger partial charge is 0.497 e. The Balaban J connectivity index is 1.84. The molecule has 3 aromatic rings. The summed E-state index contributed by atoms with van der Waals surface area (Å²) in [5.41, 5.74) is 2.78. The van der Waals surface area contributed by atoms with E-state index in [4.69, 9.17) is 9.47 Å². The second-order valence-electron chi connectivity index (χ2n) is 6.71. The van der Waals surface area contributed by atoms with Crippen molar-refractivity contribution >= 4 is 22.5 Å². The summed E-state index contributed by atoms with van der Waals surface area (Å²) in [7, 11) is 1.60. The van der Waals surface area contributed by atoms with Gasteiger partial charge in [-0.1, -0.05) is 18.2 Å². The maximum absolute atomic E-state index is 12.7. The van der Waals surface area contributed by atoms with Crippen molar-refractivity contribution in [3.05, 3.63) is 54.2 Å². The van der Waals surface area contributed by atoms with E-state index in [2.05, 4.69) is 35.1 Å². The lowest BCUT2D eigenvalue weighted by atomic mass is 10.1. The summed E-state index contributed by atoms with van der Waals surface area (Å²) in [6.45, 7) is 6.87. The lowest BCUT2D eigenvalue weighted by molar-refractivity contribution is -0.115. The maximum atomic E-state index is 12.7. The average Bonchev–Trinajstić information content (AvgIpc) is 3.00. The minimum Gasteiger partial charge on any atom is -0.497 e. The van der Waals surface area contributed by atoms with Crippen molar-refractivity contribution in [3.8, 4) is 11.5 Å². The van der Waals surface area contributed by atoms with E-state index < -0.39 is 0 Å². The molecule has 0 saturated carbocycles. The fourth-order valence-electron chi connectivity index (χ4n) is 3.18. The van der Waals surface area contributed by atoms with Crippen LogP contribution in [0.5, 0.6) is 11.5 Å². The molecule has 0 aliphatic heterocycles. The van der Waals surface area contributed by atoms with Crippen LogP contribution in [0.25, 0.3) is 10.9 Å². The summed E-state index contributed by atoms with van der Waals surface area (Å²) in [6.07, 6.45) is 2.37. The van der Waals surface area contributed by atoms with Gasteiger partial charge in [0.15, 0.2) is 0 Å². The number of methoxy groups -OCH3 is 1. The summed E-state index contributed by atoms with van der Waals surface area (Å²) < 4.78 is 13.3. The first kappa shape index (κ1) is 18.8. The van der Waals surface area contributed by atoms with E-state index in [1.165, 1.54) is 0 Å². The number of ether oxygens (including phenoxy) is 2. The molecule has 1 heterocycles. The Morgan fingerprint density at radius 1 is 1.19 bits per heavy atom. The standard InChI is InChI=1S/C22H26N2O3/c1-5-24-14-16(18-8-6-7-9-20(18)24)12-22(25)23-19-13-17(26-4)10-11-21(19)27-15(2)3/h6-11,13-15H,5,12H2,1-4H3,(H,23,25). The highest BCUT2D eigenvalue weighted by Crippen LogP contribution is 2.30. The van der Waals surface area contributed by atoms with Crippen LogP contribution in [0.3, 0.4) is 0 Å². The molecule has 0 aliphatic carbocycles. The number of nitrogens with zero attached hydrogens (tertiary/aromatic N) is 1. The Kier molecular flexibility index (Phi) is 5.69. The molecule has 5 nitrogen and oxygen atoms in total. The maximum Gasteiger partial charge on any atom is 0.228 e. The molecule has 3 rings (SSSR count). The van der Waals surface area contributed by atoms with Crippen molar-refractivity contribution in [2.75, 3.05) is 12.4 Å². The first-order chi connectivity index (χ1) is 13.0. The number of amides is 1. The molecule has 0 spiro atoms. The molecule has 2 aromatic carbocycles. The number of benzene rings is 2. The number of rotatable bonds is 7. The lowest BCUT2D eigenvalue weighted by Gasteiger charge is -2.16. The van der Waals surface area contributed by atoms with Crippen molar-refractivity contribution in [2.45, 2.75) is 39.8 Å². The van der Waals surface area contributed by atoms with Crippen LogP contribution >= 0.6 is 0 Å². The van der Waals surface area contributed by atoms with Crippen molar-refractivity contribution < 1.29 is 14.3 Å². The van der Waals surface area contributed by atoms with Gasteiger partial charge >= 0.3 is 0 Å². The van der Waals surface area contributed by atoms with Gasteiger partial charge in [0, 0.05) is 29.7 Å². The average molecular weight is 366 g/mol. The molecule has 0 saturated heterocycles. The molecule has 0 atom stereocenters. The number of carbonyl (C=O) groups is 1. The normalized spacial score (nSPS) is 11.0. The van der Waals surface area contributed by atoms with Gasteiger partial charge < -0.3 is 19.4 Å². The Hall–Kier alpha value is -2.95. The van der Waals surface area contributed by atoms with Gasteiger partial charge in [-0.3, -0.25) is 4.79 Å². The van der Waals surface area contributed by atoms with Crippen LogP contribution in [-0.4, -0.2) is 23.7 Å². The number of anilines is 1. The van der Waals surface area contributed by atoms with Gasteiger partial charge in [-0.05, 0) is 44.5 Å². The second-order valence-corrected chi connectivity index (χ2v) is 6.71. The van der Waals surface area contributed by atoms with Crippen LogP contribution in [0.15, 0.2) is 48.7 Å². The fraction of sp³-hybridized carbons (Fsp3) is 0.318. The molecule has 1 N–H and O–H groups in total. The summed E-state index contributed by atoms with van der Waals surface area (Å²) in [4.78, 5) is 12.7. The first-order valence-electron chi connectivity index (χ1n) is 9.23. The molecule has 142 valence electrons. The molecule has 0 fully saturated rings. The van der Waals surface area contributed by atoms with Crippen LogP contribution in [0.2, 0.25) is 0 Å². The fourth-order valence-corrected chi connectivity index (χ4v) is 3.18. The second kappa shape index (κ2) is 8.16. The Morgan fingerprint density at radius 2 is 1.96 bits per heavy atom. The topological polar surface area (TPSA) is 52.5 Å². The van der Waals surface area contributed by atoms with E-state index in [1.807, 2.05) is 38.1 Å². The third-order valence-electron chi connectivity index (χ3n) is 4.39. The summed E-state index contributed by atoms with van der Waals surface area (Å²) >= 11 is 0. The number of para-hydroxylation sites is 1. The van der Waals surface area contributed by atoms with Crippen LogP contribution in [0.4, 0.5) is 5.69 Å². The highest BCUT2D eigenvalue weighted by molar-refractivity contribution is 5.97. The molecule has 5 heteroatoms. The van der Waals surface area contributed by atoms with Gasteiger partial charge in [0.05, 0.1) is 25.3 Å². The molecule has 0 unspecified atom stereocenters. The van der Waals surface area contributed by atoms with Crippen molar-refractivity contribution in [3.63, 3.8) is 0 Å². The third-order valence-corrected chi connectivity index (χ3v) is 4.39. The molecule has 0 aliphatic rings. The van der Waals surface area contributed by atoms with Gasteiger partial charge in [0.1, 0.15) is 11.5 Å². The number of carbonyl (C=O) groups excluding carboxylic acids is 1. The number of hydrogen-bond acceptors (Lipinski definition) is 3. The zero-order valence-corrected chi connectivity index (χ0v) is 16.3. The minimum atomic E-state index is -0.0872. The van der Waals surface area contributed by atoms with E-state index >= 15 is 0 Å². The molecule has 0 radical (unpaired) electrons. The predicted molar refractivity (Wildman–Crippen MR) is 109 cm³/mol. The Bertz CT molecular complexity index is 944. The van der Waals surface area contributed by atoms with E-state index in [9.17, 15) is 4.79 Å². The minimum absolute atomic E-state index is 0.0107. The number of aromatic nitrogens is 1. The van der Waals surface area contributed by atoms with E-state index in [0.29, 0.717) is 23.6 Å². The molecular weight excluding hydrogens is 340 g/mol. The number of aryl methyl sites for hydroxylation is 1. The van der Waals surface area contributed by atoms with Crippen molar-refractivity contribution in [2.24, 2.45) is 0 Å². The van der Waals surface area contributed by atoms with E-state index in [-0.39, 0.29) is 12.0 Å². The monoisotopic (exact) mass is 366 g/mol. The van der Waals surface area contributed by atoms with Crippen LogP contribution in [0.1, 0.15) is 26.3 Å². The van der Waals surface area contributed by atoms with Crippen LogP contribution in [0, 0.1) is 0 Å². The van der Waals surface area contributed by atoms with Crippen molar-refractivity contribution in [1.82, 2.24) is 4.57 Å². The summed E-state index contributed by atoms with van der Waals surface area (Å²) in [6, 6.07) is 13.6. The van der Waals surface area contributed by atoms with Gasteiger partial charge in [0.2, 0.25) is 5.91 Å². The van der Waals surface area contributed by atoms with E-state index in [0.717, 1.165) is 23.0 Å². The van der Waals surface area contributed by atoms with Gasteiger partial charge in [-0.2, -0.15) is 0 Å². The zero-order chi connectivity index (χ0) is 19.4. The summed E-state index contributed by atoms with van der Waals surface area (Å²) in [5.74, 6) is 1.22. The van der Waals surface area contributed by atoms with Gasteiger partial charge in [0.25, 0.3) is 0 Å². The third kappa shape index (κ3) is 4.25. The smallest absolute Gasteiger partial charge is 0.228 e. The van der Waals surface area contributed by atoms with Crippen LogP contribution in [-0.2, 0) is 17.8 Å². The Morgan fingerprint density at radius 3 is 2.67 bits per heavy atom. The van der Waals surface area contributed by atoms with Gasteiger partial charge in [-0.25, -0.2) is 0 Å². The Labute approximate surface area is 159 Å². The SMILES string of the molecule is CCn1cc(CC(=O)Nc2cc(OC)ccc2OC(C)C)c2ccccc21. The number of fused-ring (bicyclic) bond motifs is 1. The zero-order valence-electron chi connectivity index (χ0n) is 16.3. The quantitative estimate of drug-likeness (QED) is 0.663. The molecule has 27 heavy (non-hydrogen) atoms. The van der Waals surface area contributed by atoms with Crippen molar-refractivity contribution in [1.29, 1.82) is 0 Å². The first-order valence-corrected chi connectivity index (χ1v) is 9.23. The summed E-state index contributed by atoms with van der Waals surface area (Å²) in [5, 5.41) is 4.09. The lowest BCUT2D eigenvalue weighted by Crippen LogP contribution is -2.16. The molecule has 0 bridgehead atoms. The molecule has 1 aromatic heterocycles. The highest BCUT2D eigenvalue weighted by atomic mass is 16.5.